The van der Waals surface area contributed by atoms with Gasteiger partial charge in [0, 0.05) is 7.05 Å². The lowest BCUT2D eigenvalue weighted by atomic mass is 10.3. The molecule has 0 unspecified atom stereocenters. The van der Waals surface area contributed by atoms with Gasteiger partial charge < -0.3 is 10.1 Å². The highest BCUT2D eigenvalue weighted by atomic mass is 19.1. The number of rotatable bonds is 4. The monoisotopic (exact) mass is 282 g/mol. The Morgan fingerprint density at radius 1 is 1.40 bits per heavy atom. The fraction of sp³-hybridized carbons (Fsp3) is 0.0909. The number of nitrogens with one attached hydrogen (secondary N) is 1. The molecule has 2 aromatic rings. The van der Waals surface area contributed by atoms with Gasteiger partial charge in [0.25, 0.3) is 5.88 Å². The summed E-state index contributed by atoms with van der Waals surface area (Å²) < 4.78 is 31.5. The largest absolute Gasteiger partial charge is 0.429 e. The summed E-state index contributed by atoms with van der Waals surface area (Å²) in [6.45, 7) is 0. The lowest BCUT2D eigenvalue weighted by molar-refractivity contribution is -0.385. The summed E-state index contributed by atoms with van der Waals surface area (Å²) in [5.74, 6) is -2.45. The quantitative estimate of drug-likeness (QED) is 0.684. The van der Waals surface area contributed by atoms with Gasteiger partial charge >= 0.3 is 5.69 Å². The smallest absolute Gasteiger partial charge is 0.314 e. The van der Waals surface area contributed by atoms with Crippen molar-refractivity contribution >= 4 is 11.6 Å². The van der Waals surface area contributed by atoms with Crippen LogP contribution in [-0.2, 0) is 0 Å². The second-order valence-electron chi connectivity index (χ2n) is 3.57. The Hall–Kier alpha value is -2.84. The molecule has 0 saturated carbocycles. The minimum Gasteiger partial charge on any atom is -0.429 e. The molecular weight excluding hydrogens is 274 g/mol. The zero-order chi connectivity index (χ0) is 14.7. The zero-order valence-electron chi connectivity index (χ0n) is 10.1. The normalized spacial score (nSPS) is 10.2. The Kier molecular flexibility index (Phi) is 3.69. The molecule has 1 aromatic carbocycles. The first-order valence-corrected chi connectivity index (χ1v) is 5.33. The first-order valence-electron chi connectivity index (χ1n) is 5.33. The molecule has 0 bridgehead atoms. The van der Waals surface area contributed by atoms with Crippen molar-refractivity contribution in [1.82, 2.24) is 9.97 Å². The van der Waals surface area contributed by atoms with Crippen molar-refractivity contribution in [1.29, 1.82) is 0 Å². The van der Waals surface area contributed by atoms with Crippen LogP contribution in [0.2, 0.25) is 0 Å². The number of nitro groups is 1. The van der Waals surface area contributed by atoms with Crippen LogP contribution in [0.4, 0.5) is 20.4 Å². The molecule has 20 heavy (non-hydrogen) atoms. The van der Waals surface area contributed by atoms with Gasteiger partial charge in [0.2, 0.25) is 17.5 Å². The number of nitro benzene ring substituents is 1. The lowest BCUT2D eigenvalue weighted by Crippen LogP contribution is -2.01. The molecule has 1 aromatic heterocycles. The average molecular weight is 282 g/mol. The standard InChI is InChI=1S/C11H8F2N4O3/c1-14-11-15-5-7(13)10(16-11)20-9-3-2-6(12)4-8(9)17(18)19/h2-5H,1H3,(H,14,15,16). The third-order valence-corrected chi connectivity index (χ3v) is 2.26. The Morgan fingerprint density at radius 3 is 2.80 bits per heavy atom. The maximum absolute atomic E-state index is 13.5. The number of aromatic nitrogens is 2. The summed E-state index contributed by atoms with van der Waals surface area (Å²) in [6.07, 6.45) is 0.851. The number of anilines is 1. The van der Waals surface area contributed by atoms with Crippen LogP contribution in [0.1, 0.15) is 0 Å². The summed E-state index contributed by atoms with van der Waals surface area (Å²) in [5.41, 5.74) is -0.631. The fourth-order valence-corrected chi connectivity index (χ4v) is 1.37. The van der Waals surface area contributed by atoms with Gasteiger partial charge in [0.15, 0.2) is 0 Å². The molecule has 104 valence electrons. The molecule has 0 radical (unpaired) electrons. The van der Waals surface area contributed by atoms with Crippen LogP contribution in [0.5, 0.6) is 11.6 Å². The van der Waals surface area contributed by atoms with Crippen molar-refractivity contribution in [2.24, 2.45) is 0 Å². The van der Waals surface area contributed by atoms with Gasteiger partial charge in [-0.25, -0.2) is 9.37 Å². The van der Waals surface area contributed by atoms with Crippen LogP contribution in [0.3, 0.4) is 0 Å². The highest BCUT2D eigenvalue weighted by Crippen LogP contribution is 2.32. The van der Waals surface area contributed by atoms with Crippen LogP contribution in [0, 0.1) is 21.7 Å². The highest BCUT2D eigenvalue weighted by molar-refractivity contribution is 5.48. The van der Waals surface area contributed by atoms with Crippen LogP contribution in [0.25, 0.3) is 0 Å². The molecular formula is C11H8F2N4O3. The molecule has 7 nitrogen and oxygen atoms in total. The molecule has 0 amide bonds. The Labute approximate surface area is 111 Å². The maximum Gasteiger partial charge on any atom is 0.314 e. The van der Waals surface area contributed by atoms with E-state index < -0.39 is 28.1 Å². The average Bonchev–Trinajstić information content (AvgIpc) is 2.42. The van der Waals surface area contributed by atoms with Crippen LogP contribution >= 0.6 is 0 Å². The molecule has 0 fully saturated rings. The molecule has 0 saturated heterocycles. The predicted molar refractivity (Wildman–Crippen MR) is 64.7 cm³/mol. The van der Waals surface area contributed by atoms with E-state index in [0.29, 0.717) is 6.07 Å². The minimum absolute atomic E-state index is 0.0752. The van der Waals surface area contributed by atoms with Crippen LogP contribution in [0.15, 0.2) is 24.4 Å². The highest BCUT2D eigenvalue weighted by Gasteiger charge is 2.19. The van der Waals surface area contributed by atoms with E-state index >= 15 is 0 Å². The minimum atomic E-state index is -0.900. The molecule has 2 rings (SSSR count). The van der Waals surface area contributed by atoms with Crippen molar-refractivity contribution in [3.63, 3.8) is 0 Å². The van der Waals surface area contributed by atoms with E-state index in [1.165, 1.54) is 7.05 Å². The Morgan fingerprint density at radius 2 is 2.15 bits per heavy atom. The van der Waals surface area contributed by atoms with E-state index in [-0.39, 0.29) is 11.7 Å². The third kappa shape index (κ3) is 2.76. The summed E-state index contributed by atoms with van der Waals surface area (Å²) in [4.78, 5) is 17.2. The van der Waals surface area contributed by atoms with Gasteiger partial charge in [0.05, 0.1) is 17.2 Å². The van der Waals surface area contributed by atoms with Gasteiger partial charge in [-0.3, -0.25) is 10.1 Å². The molecule has 1 heterocycles. The summed E-state index contributed by atoms with van der Waals surface area (Å²) >= 11 is 0. The number of benzene rings is 1. The van der Waals surface area contributed by atoms with Gasteiger partial charge in [-0.15, -0.1) is 0 Å². The van der Waals surface area contributed by atoms with E-state index in [9.17, 15) is 18.9 Å². The SMILES string of the molecule is CNc1ncc(F)c(Oc2ccc(F)cc2[N+](=O)[O-])n1. The Bertz CT molecular complexity index is 666. The number of halogens is 2. The van der Waals surface area contributed by atoms with Crippen molar-refractivity contribution in [3.8, 4) is 11.6 Å². The molecule has 0 aliphatic carbocycles. The van der Waals surface area contributed by atoms with E-state index in [1.54, 1.807) is 0 Å². The number of hydrogen-bond donors (Lipinski definition) is 1. The van der Waals surface area contributed by atoms with E-state index in [1.807, 2.05) is 0 Å². The molecule has 1 N–H and O–H groups in total. The molecule has 0 spiro atoms. The van der Waals surface area contributed by atoms with Crippen molar-refractivity contribution in [2.45, 2.75) is 0 Å². The zero-order valence-corrected chi connectivity index (χ0v) is 10.1. The number of ether oxygens (including phenoxy) is 1. The van der Waals surface area contributed by atoms with Gasteiger partial charge in [-0.1, -0.05) is 0 Å². The summed E-state index contributed by atoms with van der Waals surface area (Å²) in [7, 11) is 1.51. The van der Waals surface area contributed by atoms with E-state index in [2.05, 4.69) is 15.3 Å². The van der Waals surface area contributed by atoms with Crippen molar-refractivity contribution in [3.05, 3.63) is 46.1 Å². The molecule has 0 atom stereocenters. The lowest BCUT2D eigenvalue weighted by Gasteiger charge is -2.07. The van der Waals surface area contributed by atoms with Crippen molar-refractivity contribution in [2.75, 3.05) is 12.4 Å². The first-order chi connectivity index (χ1) is 9.51. The van der Waals surface area contributed by atoms with Gasteiger partial charge in [-0.2, -0.15) is 9.37 Å². The molecule has 9 heteroatoms. The summed E-state index contributed by atoms with van der Waals surface area (Å²) in [5, 5.41) is 13.4. The number of nitrogens with zero attached hydrogens (tertiary/aromatic N) is 3. The molecule has 0 aliphatic rings. The van der Waals surface area contributed by atoms with Crippen LogP contribution in [-0.4, -0.2) is 21.9 Å². The predicted octanol–water partition coefficient (Wildman–Crippen LogP) is 2.50. The second-order valence-corrected chi connectivity index (χ2v) is 3.57. The maximum atomic E-state index is 13.5. The van der Waals surface area contributed by atoms with Gasteiger partial charge in [0.1, 0.15) is 5.82 Å². The number of hydrogen-bond acceptors (Lipinski definition) is 6. The van der Waals surface area contributed by atoms with E-state index in [0.717, 1.165) is 18.3 Å². The second kappa shape index (κ2) is 5.43. The van der Waals surface area contributed by atoms with Gasteiger partial charge in [-0.05, 0) is 12.1 Å². The topological polar surface area (TPSA) is 90.2 Å². The Balaban J connectivity index is 2.42. The first kappa shape index (κ1) is 13.6. The summed E-state index contributed by atoms with van der Waals surface area (Å²) in [6, 6.07) is 2.65. The van der Waals surface area contributed by atoms with E-state index in [4.69, 9.17) is 4.74 Å². The van der Waals surface area contributed by atoms with Crippen LogP contribution < -0.4 is 10.1 Å². The third-order valence-electron chi connectivity index (χ3n) is 2.26. The van der Waals surface area contributed by atoms with Crippen molar-refractivity contribution < 1.29 is 18.4 Å². The fourth-order valence-electron chi connectivity index (χ4n) is 1.37. The molecule has 0 aliphatic heterocycles.